The molecule has 0 aromatic heterocycles. The van der Waals surface area contributed by atoms with E-state index in [1.165, 1.54) is 24.3 Å². The molecule has 0 atom stereocenters. The molecule has 1 rings (SSSR count). The second-order valence-corrected chi connectivity index (χ2v) is 3.53. The van der Waals surface area contributed by atoms with E-state index in [4.69, 9.17) is 5.11 Å². The quantitative estimate of drug-likeness (QED) is 0.458. The van der Waals surface area contributed by atoms with Crippen molar-refractivity contribution in [2.45, 2.75) is 19.8 Å². The molecule has 7 heteroatoms. The summed E-state index contributed by atoms with van der Waals surface area (Å²) in [6, 6.07) is 5.57. The second kappa shape index (κ2) is 6.33. The van der Waals surface area contributed by atoms with Crippen LogP contribution in [0.4, 0.5) is 11.4 Å². The third-order valence-corrected chi connectivity index (χ3v) is 2.13. The summed E-state index contributed by atoms with van der Waals surface area (Å²) in [6.07, 6.45) is 1.03. The number of non-ortho nitro benzene ring substituents is 1. The van der Waals surface area contributed by atoms with Crippen LogP contribution in [-0.4, -0.2) is 21.7 Å². The number of rotatable bonds is 6. The summed E-state index contributed by atoms with van der Waals surface area (Å²) in [7, 11) is 0. The molecule has 0 spiro atoms. The lowest BCUT2D eigenvalue weighted by Gasteiger charge is -2.02. The fourth-order valence-corrected chi connectivity index (χ4v) is 1.24. The summed E-state index contributed by atoms with van der Waals surface area (Å²) in [6.45, 7) is 1.85. The van der Waals surface area contributed by atoms with Crippen LogP contribution >= 0.6 is 0 Å². The fraction of sp³-hybridized carbons (Fsp3) is 0.273. The van der Waals surface area contributed by atoms with Gasteiger partial charge in [-0.2, -0.15) is 5.10 Å². The number of nitrogens with zero attached hydrogens (tertiary/aromatic N) is 2. The number of hydrazone groups is 1. The predicted octanol–water partition coefficient (Wildman–Crippen LogP) is 2.25. The number of carboxylic acids is 1. The highest BCUT2D eigenvalue weighted by Gasteiger charge is 2.08. The SMILES string of the molecule is CCCC(=NNc1ccc([N+](=O)[O-])cc1)C(=O)O. The lowest BCUT2D eigenvalue weighted by molar-refractivity contribution is -0.384. The van der Waals surface area contributed by atoms with Crippen LogP contribution in [0.2, 0.25) is 0 Å². The van der Waals surface area contributed by atoms with Gasteiger partial charge in [-0.05, 0) is 18.6 Å². The zero-order valence-corrected chi connectivity index (χ0v) is 9.79. The molecule has 0 aliphatic carbocycles. The smallest absolute Gasteiger partial charge is 0.352 e. The summed E-state index contributed by atoms with van der Waals surface area (Å²) >= 11 is 0. The van der Waals surface area contributed by atoms with Crippen LogP contribution in [0.15, 0.2) is 29.4 Å². The average molecular weight is 251 g/mol. The number of hydrogen-bond donors (Lipinski definition) is 2. The first kappa shape index (κ1) is 13.6. The van der Waals surface area contributed by atoms with Crippen molar-refractivity contribution in [3.63, 3.8) is 0 Å². The highest BCUT2D eigenvalue weighted by molar-refractivity contribution is 6.35. The van der Waals surface area contributed by atoms with Crippen molar-refractivity contribution < 1.29 is 14.8 Å². The van der Waals surface area contributed by atoms with E-state index in [1.54, 1.807) is 0 Å². The van der Waals surface area contributed by atoms with E-state index in [0.717, 1.165) is 0 Å². The van der Waals surface area contributed by atoms with E-state index in [2.05, 4.69) is 10.5 Å². The maximum atomic E-state index is 10.8. The molecule has 1 aromatic rings. The highest BCUT2D eigenvalue weighted by Crippen LogP contribution is 2.15. The van der Waals surface area contributed by atoms with Crippen LogP contribution < -0.4 is 5.43 Å². The van der Waals surface area contributed by atoms with Crippen LogP contribution in [0.1, 0.15) is 19.8 Å². The molecule has 1 aromatic carbocycles. The molecule has 0 heterocycles. The van der Waals surface area contributed by atoms with Crippen LogP contribution in [0, 0.1) is 10.1 Å². The van der Waals surface area contributed by atoms with Crippen molar-refractivity contribution in [2.75, 3.05) is 5.43 Å². The molecule has 96 valence electrons. The summed E-state index contributed by atoms with van der Waals surface area (Å²) in [5, 5.41) is 23.0. The number of carbonyl (C=O) groups is 1. The number of anilines is 1. The van der Waals surface area contributed by atoms with E-state index < -0.39 is 10.9 Å². The molecule has 0 unspecified atom stereocenters. The van der Waals surface area contributed by atoms with E-state index in [0.29, 0.717) is 18.5 Å². The summed E-state index contributed by atoms with van der Waals surface area (Å²) in [5.74, 6) is -1.08. The Kier molecular flexibility index (Phi) is 4.79. The number of nitrogens with one attached hydrogen (secondary N) is 1. The molecular weight excluding hydrogens is 238 g/mol. The minimum absolute atomic E-state index is 0.0239. The number of nitro groups is 1. The van der Waals surface area contributed by atoms with Gasteiger partial charge >= 0.3 is 5.97 Å². The molecule has 2 N–H and O–H groups in total. The number of nitro benzene ring substituents is 1. The van der Waals surface area contributed by atoms with Crippen molar-refractivity contribution in [3.8, 4) is 0 Å². The van der Waals surface area contributed by atoms with E-state index in [1.807, 2.05) is 6.92 Å². The highest BCUT2D eigenvalue weighted by atomic mass is 16.6. The van der Waals surface area contributed by atoms with Gasteiger partial charge in [0.1, 0.15) is 5.71 Å². The van der Waals surface area contributed by atoms with E-state index >= 15 is 0 Å². The fourth-order valence-electron chi connectivity index (χ4n) is 1.24. The van der Waals surface area contributed by atoms with Crippen LogP contribution in [0.25, 0.3) is 0 Å². The van der Waals surface area contributed by atoms with Crippen molar-refractivity contribution in [1.29, 1.82) is 0 Å². The first-order valence-electron chi connectivity index (χ1n) is 5.35. The van der Waals surface area contributed by atoms with Gasteiger partial charge in [0, 0.05) is 12.1 Å². The monoisotopic (exact) mass is 251 g/mol. The minimum atomic E-state index is -1.08. The van der Waals surface area contributed by atoms with Crippen molar-refractivity contribution in [1.82, 2.24) is 0 Å². The molecule has 0 saturated heterocycles. The van der Waals surface area contributed by atoms with Gasteiger partial charge in [0.05, 0.1) is 10.6 Å². The second-order valence-electron chi connectivity index (χ2n) is 3.53. The molecule has 0 bridgehead atoms. The lowest BCUT2D eigenvalue weighted by atomic mass is 10.2. The Hall–Kier alpha value is -2.44. The molecule has 7 nitrogen and oxygen atoms in total. The Labute approximate surface area is 103 Å². The largest absolute Gasteiger partial charge is 0.477 e. The summed E-state index contributed by atoms with van der Waals surface area (Å²) in [4.78, 5) is 20.7. The Bertz CT molecular complexity index is 468. The van der Waals surface area contributed by atoms with Gasteiger partial charge in [-0.15, -0.1) is 0 Å². The molecule has 0 amide bonds. The Morgan fingerprint density at radius 3 is 2.50 bits per heavy atom. The van der Waals surface area contributed by atoms with Gasteiger partial charge in [-0.25, -0.2) is 4.79 Å². The molecule has 0 saturated carbocycles. The Balaban J connectivity index is 2.75. The first-order valence-corrected chi connectivity index (χ1v) is 5.35. The zero-order valence-electron chi connectivity index (χ0n) is 9.79. The zero-order chi connectivity index (χ0) is 13.5. The number of aliphatic carboxylic acids is 1. The van der Waals surface area contributed by atoms with E-state index in [-0.39, 0.29) is 11.4 Å². The topological polar surface area (TPSA) is 105 Å². The Morgan fingerprint density at radius 1 is 1.44 bits per heavy atom. The van der Waals surface area contributed by atoms with Crippen LogP contribution in [0.5, 0.6) is 0 Å². The normalized spacial score (nSPS) is 11.1. The van der Waals surface area contributed by atoms with Gasteiger partial charge in [0.25, 0.3) is 5.69 Å². The third-order valence-electron chi connectivity index (χ3n) is 2.13. The third kappa shape index (κ3) is 3.85. The number of benzene rings is 1. The van der Waals surface area contributed by atoms with Crippen molar-refractivity contribution >= 4 is 23.1 Å². The predicted molar refractivity (Wildman–Crippen MR) is 66.7 cm³/mol. The molecular formula is C11H13N3O4. The minimum Gasteiger partial charge on any atom is -0.477 e. The van der Waals surface area contributed by atoms with Crippen molar-refractivity contribution in [3.05, 3.63) is 34.4 Å². The van der Waals surface area contributed by atoms with Gasteiger partial charge in [-0.3, -0.25) is 15.5 Å². The molecule has 0 aliphatic rings. The molecule has 18 heavy (non-hydrogen) atoms. The average Bonchev–Trinajstić information content (AvgIpc) is 2.34. The maximum absolute atomic E-state index is 10.8. The van der Waals surface area contributed by atoms with Crippen LogP contribution in [-0.2, 0) is 4.79 Å². The number of hydrogen-bond acceptors (Lipinski definition) is 5. The van der Waals surface area contributed by atoms with Gasteiger partial charge in [0.2, 0.25) is 0 Å². The first-order chi connectivity index (χ1) is 8.54. The standard InChI is InChI=1S/C11H13N3O4/c1-2-3-10(11(15)16)13-12-8-4-6-9(7-5-8)14(17)18/h4-7,12H,2-3H2,1H3,(H,15,16). The molecule has 0 radical (unpaired) electrons. The van der Waals surface area contributed by atoms with E-state index in [9.17, 15) is 14.9 Å². The summed E-state index contributed by atoms with van der Waals surface area (Å²) in [5.41, 5.74) is 3.05. The molecule has 0 fully saturated rings. The lowest BCUT2D eigenvalue weighted by Crippen LogP contribution is -2.14. The maximum Gasteiger partial charge on any atom is 0.352 e. The Morgan fingerprint density at radius 2 is 2.06 bits per heavy atom. The number of carboxylic acid groups (broad SMARTS) is 1. The van der Waals surface area contributed by atoms with Gasteiger partial charge in [-0.1, -0.05) is 13.3 Å². The van der Waals surface area contributed by atoms with Crippen molar-refractivity contribution in [2.24, 2.45) is 5.10 Å². The van der Waals surface area contributed by atoms with Gasteiger partial charge < -0.3 is 5.11 Å². The summed E-state index contributed by atoms with van der Waals surface area (Å²) < 4.78 is 0. The van der Waals surface area contributed by atoms with Crippen LogP contribution in [0.3, 0.4) is 0 Å². The van der Waals surface area contributed by atoms with Gasteiger partial charge in [0.15, 0.2) is 0 Å². The molecule has 0 aliphatic heterocycles.